The number of ether oxygens (including phenoxy) is 1. The van der Waals surface area contributed by atoms with Gasteiger partial charge in [-0.05, 0) is 24.8 Å². The molecular formula is C13H15NO2. The Bertz CT molecular complexity index is 404. The highest BCUT2D eigenvalue weighted by Gasteiger charge is 2.50. The summed E-state index contributed by atoms with van der Waals surface area (Å²) < 4.78 is 5.37. The Morgan fingerprint density at radius 2 is 2.06 bits per heavy atom. The van der Waals surface area contributed by atoms with E-state index >= 15 is 0 Å². The number of fused-ring (bicyclic) bond motifs is 1. The van der Waals surface area contributed by atoms with Crippen molar-refractivity contribution in [1.82, 2.24) is 5.32 Å². The first-order valence-corrected chi connectivity index (χ1v) is 5.86. The molecule has 2 fully saturated rings. The highest BCUT2D eigenvalue weighted by molar-refractivity contribution is 5.72. The second-order valence-corrected chi connectivity index (χ2v) is 4.60. The standard InChI is InChI=1S/C13H15NO2/c15-12-14-13(10-6-2-1-3-7-10)9-5-4-8-11(13)16-12/h1-3,6-7,11H,4-5,8-9H2,(H,14,15)/t11-,13+/m1/s1. The summed E-state index contributed by atoms with van der Waals surface area (Å²) in [6.07, 6.45) is 3.98. The van der Waals surface area contributed by atoms with Gasteiger partial charge in [-0.3, -0.25) is 0 Å². The van der Waals surface area contributed by atoms with Crippen molar-refractivity contribution >= 4 is 6.09 Å². The molecule has 3 nitrogen and oxygen atoms in total. The molecule has 16 heavy (non-hydrogen) atoms. The molecular weight excluding hydrogens is 202 g/mol. The maximum atomic E-state index is 11.5. The van der Waals surface area contributed by atoms with Crippen molar-refractivity contribution < 1.29 is 9.53 Å². The molecule has 0 radical (unpaired) electrons. The molecule has 0 bridgehead atoms. The van der Waals surface area contributed by atoms with Crippen molar-refractivity contribution in [2.45, 2.75) is 37.3 Å². The molecule has 2 aliphatic rings. The minimum absolute atomic E-state index is 0.0103. The molecule has 1 saturated heterocycles. The lowest BCUT2D eigenvalue weighted by molar-refractivity contribution is 0.0765. The largest absolute Gasteiger partial charge is 0.443 e. The van der Waals surface area contributed by atoms with Gasteiger partial charge in [0.15, 0.2) is 0 Å². The van der Waals surface area contributed by atoms with Gasteiger partial charge in [-0.25, -0.2) is 4.79 Å². The van der Waals surface area contributed by atoms with Gasteiger partial charge < -0.3 is 10.1 Å². The number of alkyl carbamates (subject to hydrolysis) is 1. The number of amides is 1. The molecule has 1 aromatic rings. The Kier molecular flexibility index (Phi) is 2.13. The zero-order valence-electron chi connectivity index (χ0n) is 9.11. The van der Waals surface area contributed by atoms with Gasteiger partial charge in [-0.1, -0.05) is 36.8 Å². The normalized spacial score (nSPS) is 32.8. The summed E-state index contributed by atoms with van der Waals surface area (Å²) in [5, 5.41) is 3.02. The Morgan fingerprint density at radius 1 is 1.25 bits per heavy atom. The van der Waals surface area contributed by atoms with Gasteiger partial charge >= 0.3 is 6.09 Å². The smallest absolute Gasteiger partial charge is 0.408 e. The van der Waals surface area contributed by atoms with Gasteiger partial charge in [-0.15, -0.1) is 0 Å². The van der Waals surface area contributed by atoms with Crippen molar-refractivity contribution in [2.24, 2.45) is 0 Å². The minimum Gasteiger partial charge on any atom is -0.443 e. The fraction of sp³-hybridized carbons (Fsp3) is 0.462. The van der Waals surface area contributed by atoms with Crippen molar-refractivity contribution in [3.8, 4) is 0 Å². The van der Waals surface area contributed by atoms with Crippen LogP contribution >= 0.6 is 0 Å². The Balaban J connectivity index is 2.03. The lowest BCUT2D eigenvalue weighted by Crippen LogP contribution is -2.47. The van der Waals surface area contributed by atoms with E-state index < -0.39 is 0 Å². The van der Waals surface area contributed by atoms with Crippen molar-refractivity contribution in [3.63, 3.8) is 0 Å². The van der Waals surface area contributed by atoms with E-state index in [1.807, 2.05) is 18.2 Å². The van der Waals surface area contributed by atoms with Gasteiger partial charge in [0.25, 0.3) is 0 Å². The van der Waals surface area contributed by atoms with E-state index in [2.05, 4.69) is 17.4 Å². The van der Waals surface area contributed by atoms with Crippen LogP contribution in [-0.2, 0) is 10.3 Å². The highest BCUT2D eigenvalue weighted by atomic mass is 16.6. The van der Waals surface area contributed by atoms with Crippen LogP contribution in [0.25, 0.3) is 0 Å². The SMILES string of the molecule is O=C1N[C@]2(c3ccccc3)CCCC[C@H]2O1. The summed E-state index contributed by atoms with van der Waals surface area (Å²) in [5.41, 5.74) is 0.905. The topological polar surface area (TPSA) is 38.3 Å². The molecule has 3 rings (SSSR count). The molecule has 3 heteroatoms. The van der Waals surface area contributed by atoms with Gasteiger partial charge in [0.2, 0.25) is 0 Å². The second kappa shape index (κ2) is 3.51. The van der Waals surface area contributed by atoms with Crippen LogP contribution in [0.4, 0.5) is 4.79 Å². The molecule has 1 aliphatic heterocycles. The predicted molar refractivity (Wildman–Crippen MR) is 60.0 cm³/mol. The van der Waals surface area contributed by atoms with Crippen LogP contribution in [0.1, 0.15) is 31.2 Å². The van der Waals surface area contributed by atoms with E-state index in [0.29, 0.717) is 0 Å². The highest BCUT2D eigenvalue weighted by Crippen LogP contribution is 2.42. The van der Waals surface area contributed by atoms with E-state index in [1.165, 1.54) is 5.56 Å². The number of carbonyl (C=O) groups is 1. The molecule has 0 spiro atoms. The van der Waals surface area contributed by atoms with Gasteiger partial charge in [0, 0.05) is 0 Å². The molecule has 1 heterocycles. The number of nitrogens with one attached hydrogen (secondary N) is 1. The van der Waals surface area contributed by atoms with Crippen LogP contribution in [0.15, 0.2) is 30.3 Å². The van der Waals surface area contributed by atoms with E-state index in [-0.39, 0.29) is 17.7 Å². The number of hydrogen-bond acceptors (Lipinski definition) is 2. The van der Waals surface area contributed by atoms with E-state index in [4.69, 9.17) is 4.74 Å². The van der Waals surface area contributed by atoms with Crippen LogP contribution < -0.4 is 5.32 Å². The molecule has 0 unspecified atom stereocenters. The predicted octanol–water partition coefficient (Wildman–Crippen LogP) is 2.56. The first kappa shape index (κ1) is 9.70. The van der Waals surface area contributed by atoms with Crippen LogP contribution in [0.2, 0.25) is 0 Å². The summed E-state index contributed by atoms with van der Waals surface area (Å²) in [6, 6.07) is 10.2. The molecule has 1 aliphatic carbocycles. The minimum atomic E-state index is -0.268. The summed E-state index contributed by atoms with van der Waals surface area (Å²) in [6.45, 7) is 0. The Morgan fingerprint density at radius 3 is 2.88 bits per heavy atom. The van der Waals surface area contributed by atoms with Crippen molar-refractivity contribution in [1.29, 1.82) is 0 Å². The number of hydrogen-bond donors (Lipinski definition) is 1. The van der Waals surface area contributed by atoms with Gasteiger partial charge in [0.05, 0.1) is 0 Å². The van der Waals surface area contributed by atoms with Crippen LogP contribution in [0.3, 0.4) is 0 Å². The zero-order valence-corrected chi connectivity index (χ0v) is 9.11. The van der Waals surface area contributed by atoms with E-state index in [9.17, 15) is 4.79 Å². The molecule has 0 aromatic heterocycles. The summed E-state index contributed by atoms with van der Waals surface area (Å²) >= 11 is 0. The van der Waals surface area contributed by atoms with E-state index in [1.54, 1.807) is 0 Å². The van der Waals surface area contributed by atoms with Crippen LogP contribution in [0.5, 0.6) is 0 Å². The fourth-order valence-electron chi connectivity index (χ4n) is 2.92. The third kappa shape index (κ3) is 1.31. The summed E-state index contributed by atoms with van der Waals surface area (Å²) in [7, 11) is 0. The molecule has 1 N–H and O–H groups in total. The average molecular weight is 217 g/mol. The molecule has 84 valence electrons. The number of benzene rings is 1. The fourth-order valence-corrected chi connectivity index (χ4v) is 2.92. The van der Waals surface area contributed by atoms with Gasteiger partial charge in [-0.2, -0.15) is 0 Å². The lowest BCUT2D eigenvalue weighted by atomic mass is 9.75. The van der Waals surface area contributed by atoms with Gasteiger partial charge in [0.1, 0.15) is 11.6 Å². The van der Waals surface area contributed by atoms with E-state index in [0.717, 1.165) is 25.7 Å². The molecule has 1 saturated carbocycles. The monoisotopic (exact) mass is 217 g/mol. The summed E-state index contributed by atoms with van der Waals surface area (Å²) in [5.74, 6) is 0. The molecule has 1 aromatic carbocycles. The quantitative estimate of drug-likeness (QED) is 0.785. The number of carbonyl (C=O) groups excluding carboxylic acids is 1. The first-order valence-electron chi connectivity index (χ1n) is 5.86. The Labute approximate surface area is 94.8 Å². The molecule has 1 amide bonds. The van der Waals surface area contributed by atoms with Crippen molar-refractivity contribution in [2.75, 3.05) is 0 Å². The van der Waals surface area contributed by atoms with Crippen LogP contribution in [-0.4, -0.2) is 12.2 Å². The number of rotatable bonds is 1. The van der Waals surface area contributed by atoms with Crippen molar-refractivity contribution in [3.05, 3.63) is 35.9 Å². The maximum absolute atomic E-state index is 11.5. The third-order valence-corrected chi connectivity index (χ3v) is 3.70. The lowest BCUT2D eigenvalue weighted by Gasteiger charge is -2.36. The third-order valence-electron chi connectivity index (χ3n) is 3.70. The average Bonchev–Trinajstić information content (AvgIpc) is 2.67. The zero-order chi connectivity index (χ0) is 11.0. The first-order chi connectivity index (χ1) is 7.81. The Hall–Kier alpha value is -1.51. The van der Waals surface area contributed by atoms with Crippen LogP contribution in [0, 0.1) is 0 Å². The summed E-state index contributed by atoms with van der Waals surface area (Å²) in [4.78, 5) is 11.5. The maximum Gasteiger partial charge on any atom is 0.408 e. The second-order valence-electron chi connectivity index (χ2n) is 4.60. The molecule has 2 atom stereocenters.